The molecule has 0 aromatic rings. The highest BCUT2D eigenvalue weighted by Crippen LogP contribution is 2.37. The molecule has 0 aromatic carbocycles. The number of hydrogen-bond acceptors (Lipinski definition) is 2. The molecule has 118 valence electrons. The molecule has 4 heteroatoms. The van der Waals surface area contributed by atoms with Crippen molar-refractivity contribution in [3.8, 4) is 0 Å². The molecule has 0 atom stereocenters. The average Bonchev–Trinajstić information content (AvgIpc) is 2.19. The molecule has 20 heavy (non-hydrogen) atoms. The molecule has 0 saturated carbocycles. The van der Waals surface area contributed by atoms with Crippen LogP contribution in [0.15, 0.2) is 24.7 Å². The Morgan fingerprint density at radius 3 is 1.05 bits per heavy atom. The van der Waals surface area contributed by atoms with Crippen LogP contribution < -0.4 is 0 Å². The summed E-state index contributed by atoms with van der Waals surface area (Å²) in [5.74, 6) is 0. The van der Waals surface area contributed by atoms with Crippen LogP contribution in [0.5, 0.6) is 0 Å². The van der Waals surface area contributed by atoms with Gasteiger partial charge in [0.05, 0.1) is 12.5 Å². The monoisotopic (exact) mass is 314 g/mol. The van der Waals surface area contributed by atoms with Crippen molar-refractivity contribution in [2.75, 3.05) is 0 Å². The third-order valence-corrected chi connectivity index (χ3v) is 13.3. The lowest BCUT2D eigenvalue weighted by Crippen LogP contribution is -2.39. The summed E-state index contributed by atoms with van der Waals surface area (Å²) in [7, 11) is -3.37. The van der Waals surface area contributed by atoms with E-state index < -0.39 is 16.6 Å². The van der Waals surface area contributed by atoms with Crippen molar-refractivity contribution < 1.29 is 8.85 Å². The summed E-state index contributed by atoms with van der Waals surface area (Å²) < 4.78 is 11.9. The Labute approximate surface area is 128 Å². The zero-order valence-corrected chi connectivity index (χ0v) is 17.1. The van der Waals surface area contributed by atoms with E-state index in [9.17, 15) is 0 Å². The first-order chi connectivity index (χ1) is 8.71. The van der Waals surface area contributed by atoms with Gasteiger partial charge in [-0.05, 0) is 48.4 Å². The standard InChI is InChI=1S/C16H34O2Si2/c1-15(2,3)19(7,8)17-13-11-12-14-18-20(9,10)16(4,5)6/h11-14H,1-10H3/b13-11+,14-12+. The lowest BCUT2D eigenvalue weighted by atomic mass is 10.2. The molecule has 0 rings (SSSR count). The molecule has 2 nitrogen and oxygen atoms in total. The van der Waals surface area contributed by atoms with Crippen LogP contribution in [0, 0.1) is 0 Å². The molecule has 0 bridgehead atoms. The Kier molecular flexibility index (Phi) is 6.36. The van der Waals surface area contributed by atoms with Gasteiger partial charge in [-0.3, -0.25) is 0 Å². The third kappa shape index (κ3) is 5.87. The summed E-state index contributed by atoms with van der Waals surface area (Å²) in [6.07, 6.45) is 7.47. The molecule has 0 saturated heterocycles. The van der Waals surface area contributed by atoms with Crippen LogP contribution >= 0.6 is 0 Å². The van der Waals surface area contributed by atoms with E-state index in [0.29, 0.717) is 0 Å². The van der Waals surface area contributed by atoms with Gasteiger partial charge in [-0.15, -0.1) is 0 Å². The second kappa shape index (κ2) is 6.52. The van der Waals surface area contributed by atoms with Crippen LogP contribution in [0.3, 0.4) is 0 Å². The number of allylic oxidation sites excluding steroid dienone is 2. The van der Waals surface area contributed by atoms with Crippen molar-refractivity contribution in [2.45, 2.75) is 77.8 Å². The minimum atomic E-state index is -1.68. The van der Waals surface area contributed by atoms with Gasteiger partial charge in [-0.25, -0.2) is 0 Å². The molecule has 0 aliphatic heterocycles. The van der Waals surface area contributed by atoms with E-state index in [0.717, 1.165) is 0 Å². The lowest BCUT2D eigenvalue weighted by Gasteiger charge is -2.35. The minimum Gasteiger partial charge on any atom is -0.549 e. The van der Waals surface area contributed by atoms with Crippen molar-refractivity contribution in [2.24, 2.45) is 0 Å². The summed E-state index contributed by atoms with van der Waals surface area (Å²) in [5.41, 5.74) is 0. The zero-order chi connectivity index (χ0) is 16.2. The topological polar surface area (TPSA) is 18.5 Å². The molecule has 0 aliphatic carbocycles. The SMILES string of the molecule is CC(C)(C)[Si](C)(C)O/C=C/C=C/O[Si](C)(C)C(C)(C)C. The van der Waals surface area contributed by atoms with Crippen molar-refractivity contribution in [1.82, 2.24) is 0 Å². The van der Waals surface area contributed by atoms with Crippen molar-refractivity contribution in [3.63, 3.8) is 0 Å². The van der Waals surface area contributed by atoms with Crippen LogP contribution in [0.4, 0.5) is 0 Å². The Balaban J connectivity index is 4.38. The Hall–Kier alpha value is -0.486. The van der Waals surface area contributed by atoms with Crippen LogP contribution in [-0.4, -0.2) is 16.6 Å². The molecule has 0 spiro atoms. The molecule has 0 unspecified atom stereocenters. The van der Waals surface area contributed by atoms with Gasteiger partial charge in [0.15, 0.2) is 0 Å². The van der Waals surface area contributed by atoms with Crippen molar-refractivity contribution in [3.05, 3.63) is 24.7 Å². The summed E-state index contributed by atoms with van der Waals surface area (Å²) >= 11 is 0. The predicted octanol–water partition coefficient (Wildman–Crippen LogP) is 6.06. The third-order valence-electron chi connectivity index (χ3n) is 4.61. The van der Waals surface area contributed by atoms with E-state index in [2.05, 4.69) is 67.7 Å². The first kappa shape index (κ1) is 19.5. The molecular formula is C16H34O2Si2. The maximum absolute atomic E-state index is 5.96. The van der Waals surface area contributed by atoms with Gasteiger partial charge in [0.2, 0.25) is 16.6 Å². The van der Waals surface area contributed by atoms with Gasteiger partial charge in [0.1, 0.15) is 0 Å². The quantitative estimate of drug-likeness (QED) is 0.349. The fourth-order valence-electron chi connectivity index (χ4n) is 0.863. The summed E-state index contributed by atoms with van der Waals surface area (Å²) in [4.78, 5) is 0. The first-order valence-corrected chi connectivity index (χ1v) is 13.2. The van der Waals surface area contributed by atoms with Gasteiger partial charge in [-0.1, -0.05) is 41.5 Å². The van der Waals surface area contributed by atoms with Crippen LogP contribution in [0.25, 0.3) is 0 Å². The molecular weight excluding hydrogens is 280 g/mol. The highest BCUT2D eigenvalue weighted by molar-refractivity contribution is 6.74. The molecule has 0 fully saturated rings. The summed E-state index contributed by atoms with van der Waals surface area (Å²) in [6, 6.07) is 0. The minimum absolute atomic E-state index is 0.235. The fourth-order valence-corrected chi connectivity index (χ4v) is 2.41. The summed E-state index contributed by atoms with van der Waals surface area (Å²) in [6.45, 7) is 22.4. The van der Waals surface area contributed by atoms with E-state index in [1.54, 1.807) is 0 Å². The van der Waals surface area contributed by atoms with E-state index in [4.69, 9.17) is 8.85 Å². The Morgan fingerprint density at radius 2 is 0.850 bits per heavy atom. The van der Waals surface area contributed by atoms with E-state index in [1.165, 1.54) is 0 Å². The first-order valence-electron chi connectivity index (χ1n) is 7.38. The maximum atomic E-state index is 5.96. The largest absolute Gasteiger partial charge is 0.549 e. The van der Waals surface area contributed by atoms with Gasteiger partial charge >= 0.3 is 0 Å². The zero-order valence-electron chi connectivity index (χ0n) is 15.1. The van der Waals surface area contributed by atoms with Crippen LogP contribution in [0.2, 0.25) is 36.3 Å². The van der Waals surface area contributed by atoms with Gasteiger partial charge in [0, 0.05) is 0 Å². The van der Waals surface area contributed by atoms with Gasteiger partial charge in [0.25, 0.3) is 0 Å². The predicted molar refractivity (Wildman–Crippen MR) is 94.8 cm³/mol. The van der Waals surface area contributed by atoms with Crippen molar-refractivity contribution >= 4 is 16.6 Å². The number of rotatable bonds is 5. The van der Waals surface area contributed by atoms with Gasteiger partial charge in [-0.2, -0.15) is 0 Å². The summed E-state index contributed by atoms with van der Waals surface area (Å²) in [5, 5.41) is 0.470. The lowest BCUT2D eigenvalue weighted by molar-refractivity contribution is 0.425. The van der Waals surface area contributed by atoms with Crippen LogP contribution in [0.1, 0.15) is 41.5 Å². The maximum Gasteiger partial charge on any atom is 0.249 e. The molecule has 0 heterocycles. The Morgan fingerprint density at radius 1 is 0.600 bits per heavy atom. The van der Waals surface area contributed by atoms with E-state index in [1.807, 2.05) is 24.7 Å². The molecule has 0 radical (unpaired) electrons. The highest BCUT2D eigenvalue weighted by atomic mass is 28.4. The van der Waals surface area contributed by atoms with E-state index >= 15 is 0 Å². The number of hydrogen-bond donors (Lipinski definition) is 0. The van der Waals surface area contributed by atoms with Crippen LogP contribution in [-0.2, 0) is 8.85 Å². The normalized spacial score (nSPS) is 15.1. The Bertz CT molecular complexity index is 320. The molecule has 0 N–H and O–H groups in total. The van der Waals surface area contributed by atoms with Crippen molar-refractivity contribution in [1.29, 1.82) is 0 Å². The fraction of sp³-hybridized carbons (Fsp3) is 0.750. The second-order valence-corrected chi connectivity index (χ2v) is 17.9. The van der Waals surface area contributed by atoms with E-state index in [-0.39, 0.29) is 10.1 Å². The molecule has 0 aliphatic rings. The smallest absolute Gasteiger partial charge is 0.249 e. The molecule has 0 aromatic heterocycles. The highest BCUT2D eigenvalue weighted by Gasteiger charge is 2.38. The second-order valence-electron chi connectivity index (χ2n) is 8.41. The van der Waals surface area contributed by atoms with Gasteiger partial charge < -0.3 is 8.85 Å². The average molecular weight is 315 g/mol. The molecule has 0 amide bonds.